The van der Waals surface area contributed by atoms with Crippen molar-refractivity contribution in [2.75, 3.05) is 0 Å². The lowest BCUT2D eigenvalue weighted by Gasteiger charge is -2.09. The van der Waals surface area contributed by atoms with Gasteiger partial charge in [-0.15, -0.1) is 0 Å². The zero-order valence-corrected chi connectivity index (χ0v) is 18.3. The summed E-state index contributed by atoms with van der Waals surface area (Å²) in [6, 6.07) is 14.6. The van der Waals surface area contributed by atoms with E-state index in [4.69, 9.17) is 20.5 Å². The van der Waals surface area contributed by atoms with Gasteiger partial charge >= 0.3 is 0 Å². The predicted molar refractivity (Wildman–Crippen MR) is 119 cm³/mol. The fourth-order valence-electron chi connectivity index (χ4n) is 3.31. The van der Waals surface area contributed by atoms with Crippen LogP contribution in [-0.4, -0.2) is 17.0 Å². The van der Waals surface area contributed by atoms with E-state index >= 15 is 0 Å². The molecule has 4 aromatic rings. The molecule has 0 spiro atoms. The van der Waals surface area contributed by atoms with Gasteiger partial charge in [0.2, 0.25) is 0 Å². The fraction of sp³-hybridized carbons (Fsp3) is 0.125. The normalized spacial score (nSPS) is 10.8. The number of nitrogens with one attached hydrogen (secondary N) is 2. The largest absolute Gasteiger partial charge is 0.467 e. The lowest BCUT2D eigenvalue weighted by Crippen LogP contribution is -2.25. The van der Waals surface area contributed by atoms with E-state index < -0.39 is 11.7 Å². The lowest BCUT2D eigenvalue weighted by atomic mass is 10.0. The van der Waals surface area contributed by atoms with E-state index in [1.165, 1.54) is 24.5 Å². The van der Waals surface area contributed by atoms with Crippen molar-refractivity contribution in [1.29, 1.82) is 0 Å². The van der Waals surface area contributed by atoms with Gasteiger partial charge in [0.05, 0.1) is 23.4 Å². The minimum atomic E-state index is -0.613. The lowest BCUT2D eigenvalue weighted by molar-refractivity contribution is 0.0943. The molecule has 0 aliphatic heterocycles. The number of amides is 2. The number of benzene rings is 2. The first kappa shape index (κ1) is 22.3. The van der Waals surface area contributed by atoms with E-state index in [0.717, 1.165) is 0 Å². The molecule has 0 fully saturated rings. The number of halogens is 2. The molecule has 0 saturated heterocycles. The second kappa shape index (κ2) is 9.70. The molecule has 0 aliphatic rings. The van der Waals surface area contributed by atoms with Gasteiger partial charge in [-0.3, -0.25) is 9.59 Å². The zero-order valence-electron chi connectivity index (χ0n) is 17.5. The highest BCUT2D eigenvalue weighted by Gasteiger charge is 2.25. The van der Waals surface area contributed by atoms with E-state index in [2.05, 4.69) is 15.8 Å². The summed E-state index contributed by atoms with van der Waals surface area (Å²) in [6.45, 7) is 1.96. The summed E-state index contributed by atoms with van der Waals surface area (Å²) in [5.41, 5.74) is 1.26. The predicted octanol–water partition coefficient (Wildman–Crippen LogP) is 4.90. The molecule has 168 valence electrons. The second-order valence-corrected chi connectivity index (χ2v) is 7.61. The smallest absolute Gasteiger partial charge is 0.257 e. The van der Waals surface area contributed by atoms with Crippen molar-refractivity contribution in [3.8, 4) is 11.3 Å². The average molecular weight is 468 g/mol. The Hall–Kier alpha value is -3.91. The van der Waals surface area contributed by atoms with Gasteiger partial charge in [0.1, 0.15) is 28.6 Å². The van der Waals surface area contributed by atoms with Gasteiger partial charge in [0, 0.05) is 12.1 Å². The Balaban J connectivity index is 1.46. The van der Waals surface area contributed by atoms with Gasteiger partial charge in [-0.05, 0) is 48.9 Å². The Morgan fingerprint density at radius 1 is 1.03 bits per heavy atom. The number of aryl methyl sites for hydroxylation is 1. The first-order valence-corrected chi connectivity index (χ1v) is 10.4. The van der Waals surface area contributed by atoms with Crippen LogP contribution < -0.4 is 10.6 Å². The zero-order chi connectivity index (χ0) is 23.4. The van der Waals surface area contributed by atoms with Crippen LogP contribution in [0.25, 0.3) is 11.3 Å². The van der Waals surface area contributed by atoms with Gasteiger partial charge in [0.25, 0.3) is 11.8 Å². The standard InChI is InChI=1S/C24H19ClFN3O4/c1-14-20(22(29-33-14)21-18(25)8-3-9-19(21)26)24(31)27-12-15-5-2-6-16(11-15)23(30)28-13-17-7-4-10-32-17/h2-11H,12-13H2,1H3,(H,27,31)(H,28,30). The molecule has 0 saturated carbocycles. The number of nitrogens with zero attached hydrogens (tertiary/aromatic N) is 1. The van der Waals surface area contributed by atoms with E-state index in [0.29, 0.717) is 16.9 Å². The maximum absolute atomic E-state index is 14.4. The first-order valence-electron chi connectivity index (χ1n) is 10.0. The van der Waals surface area contributed by atoms with E-state index in [1.54, 1.807) is 43.3 Å². The molecule has 0 atom stereocenters. The van der Waals surface area contributed by atoms with Crippen LogP contribution >= 0.6 is 11.6 Å². The molecule has 2 amide bonds. The number of furan rings is 1. The number of rotatable bonds is 7. The molecule has 0 radical (unpaired) electrons. The second-order valence-electron chi connectivity index (χ2n) is 7.20. The molecular weight excluding hydrogens is 449 g/mol. The van der Waals surface area contributed by atoms with Gasteiger partial charge in [0.15, 0.2) is 0 Å². The topological polar surface area (TPSA) is 97.4 Å². The Bertz CT molecular complexity index is 1280. The van der Waals surface area contributed by atoms with Crippen LogP contribution in [0.1, 0.15) is 37.8 Å². The molecule has 0 unspecified atom stereocenters. The molecule has 4 rings (SSSR count). The fourth-order valence-corrected chi connectivity index (χ4v) is 3.56. The third kappa shape index (κ3) is 4.96. The molecule has 2 heterocycles. The summed E-state index contributed by atoms with van der Waals surface area (Å²) >= 11 is 6.13. The highest BCUT2D eigenvalue weighted by molar-refractivity contribution is 6.33. The van der Waals surface area contributed by atoms with Gasteiger partial charge < -0.3 is 19.6 Å². The maximum atomic E-state index is 14.4. The Labute approximate surface area is 193 Å². The molecule has 2 N–H and O–H groups in total. The van der Waals surface area contributed by atoms with Crippen molar-refractivity contribution in [3.05, 3.63) is 99.9 Å². The molecule has 2 aromatic carbocycles. The van der Waals surface area contributed by atoms with Crippen molar-refractivity contribution in [1.82, 2.24) is 15.8 Å². The number of carbonyl (C=O) groups excluding carboxylic acids is 2. The van der Waals surface area contributed by atoms with Crippen LogP contribution in [0, 0.1) is 12.7 Å². The Morgan fingerprint density at radius 2 is 1.82 bits per heavy atom. The molecule has 7 nitrogen and oxygen atoms in total. The van der Waals surface area contributed by atoms with Crippen LogP contribution in [0.2, 0.25) is 5.02 Å². The minimum Gasteiger partial charge on any atom is -0.467 e. The van der Waals surface area contributed by atoms with Crippen molar-refractivity contribution >= 4 is 23.4 Å². The quantitative estimate of drug-likeness (QED) is 0.403. The summed E-state index contributed by atoms with van der Waals surface area (Å²) in [4.78, 5) is 25.3. The Kier molecular flexibility index (Phi) is 6.55. The molecule has 33 heavy (non-hydrogen) atoms. The van der Waals surface area contributed by atoms with Crippen molar-refractivity contribution in [3.63, 3.8) is 0 Å². The number of aromatic nitrogens is 1. The molecule has 2 aromatic heterocycles. The summed E-state index contributed by atoms with van der Waals surface area (Å²) in [7, 11) is 0. The van der Waals surface area contributed by atoms with E-state index in [-0.39, 0.29) is 46.6 Å². The van der Waals surface area contributed by atoms with Crippen molar-refractivity contribution < 1.29 is 22.9 Å². The molecule has 0 aliphatic carbocycles. The van der Waals surface area contributed by atoms with E-state index in [1.807, 2.05) is 0 Å². The van der Waals surface area contributed by atoms with E-state index in [9.17, 15) is 14.0 Å². The molecule has 9 heteroatoms. The van der Waals surface area contributed by atoms with Crippen LogP contribution in [0.5, 0.6) is 0 Å². The first-order chi connectivity index (χ1) is 15.9. The summed E-state index contributed by atoms with van der Waals surface area (Å²) < 4.78 is 24.7. The van der Waals surface area contributed by atoms with Crippen LogP contribution in [0.3, 0.4) is 0 Å². The summed E-state index contributed by atoms with van der Waals surface area (Å²) in [5.74, 6) is -0.519. The minimum absolute atomic E-state index is 0.00334. The number of hydrogen-bond acceptors (Lipinski definition) is 5. The maximum Gasteiger partial charge on any atom is 0.257 e. The highest BCUT2D eigenvalue weighted by atomic mass is 35.5. The van der Waals surface area contributed by atoms with Gasteiger partial charge in [-0.25, -0.2) is 4.39 Å². The number of hydrogen-bond donors (Lipinski definition) is 2. The molecule has 0 bridgehead atoms. The average Bonchev–Trinajstić information content (AvgIpc) is 3.46. The summed E-state index contributed by atoms with van der Waals surface area (Å²) in [6.07, 6.45) is 1.54. The monoisotopic (exact) mass is 467 g/mol. The Morgan fingerprint density at radius 3 is 2.58 bits per heavy atom. The third-order valence-corrected chi connectivity index (χ3v) is 5.25. The van der Waals surface area contributed by atoms with Crippen molar-refractivity contribution in [2.24, 2.45) is 0 Å². The van der Waals surface area contributed by atoms with Crippen LogP contribution in [0.4, 0.5) is 4.39 Å². The third-order valence-electron chi connectivity index (χ3n) is 4.93. The van der Waals surface area contributed by atoms with Crippen LogP contribution in [0.15, 0.2) is 69.8 Å². The van der Waals surface area contributed by atoms with Gasteiger partial charge in [-0.2, -0.15) is 0 Å². The van der Waals surface area contributed by atoms with Gasteiger partial charge in [-0.1, -0.05) is 35.0 Å². The highest BCUT2D eigenvalue weighted by Crippen LogP contribution is 2.33. The molecular formula is C24H19ClFN3O4. The van der Waals surface area contributed by atoms with Crippen molar-refractivity contribution in [2.45, 2.75) is 20.0 Å². The van der Waals surface area contributed by atoms with Crippen LogP contribution in [-0.2, 0) is 13.1 Å². The number of carbonyl (C=O) groups is 2. The summed E-state index contributed by atoms with van der Waals surface area (Å²) in [5, 5.41) is 9.49. The SMILES string of the molecule is Cc1onc(-c2c(F)cccc2Cl)c1C(=O)NCc1cccc(C(=O)NCc2ccco2)c1.